The summed E-state index contributed by atoms with van der Waals surface area (Å²) in [6.07, 6.45) is 3.98. The lowest BCUT2D eigenvalue weighted by atomic mass is 9.54. The number of carbonyl (C=O) groups excluding carboxylic acids is 1. The van der Waals surface area contributed by atoms with Crippen LogP contribution in [0.15, 0.2) is 0 Å². The van der Waals surface area contributed by atoms with Crippen molar-refractivity contribution in [2.45, 2.75) is 31.8 Å². The van der Waals surface area contributed by atoms with E-state index in [1.807, 2.05) is 0 Å². The normalized spacial score (nSPS) is 56.4. The summed E-state index contributed by atoms with van der Waals surface area (Å²) in [6.45, 7) is 0. The third kappa shape index (κ3) is 0.717. The van der Waals surface area contributed by atoms with E-state index in [1.165, 1.54) is 6.42 Å². The van der Waals surface area contributed by atoms with Crippen molar-refractivity contribution in [2.75, 3.05) is 0 Å². The van der Waals surface area contributed by atoms with E-state index in [9.17, 15) is 9.90 Å². The number of rotatable bonds is 0. The van der Waals surface area contributed by atoms with Gasteiger partial charge in [-0.05, 0) is 37.5 Å². The molecule has 0 spiro atoms. The Kier molecular flexibility index (Phi) is 1.24. The first kappa shape index (κ1) is 7.07. The molecule has 2 heteroatoms. The molecule has 1 N–H and O–H groups in total. The Morgan fingerprint density at radius 3 is 2.83 bits per heavy atom. The number of Topliss-reactive ketones (excluding diaryl/α,β-unsaturated/α-hetero) is 1. The van der Waals surface area contributed by atoms with Gasteiger partial charge in [0.05, 0.1) is 6.10 Å². The van der Waals surface area contributed by atoms with Crippen LogP contribution in [0.4, 0.5) is 0 Å². The average Bonchev–Trinajstić information content (AvgIpc) is 2.07. The predicted molar refractivity (Wildman–Crippen MR) is 43.4 cm³/mol. The second-order valence-electron chi connectivity index (χ2n) is 4.77. The summed E-state index contributed by atoms with van der Waals surface area (Å²) in [7, 11) is 0. The summed E-state index contributed by atoms with van der Waals surface area (Å²) in [6, 6.07) is 0. The van der Waals surface area contributed by atoms with Gasteiger partial charge in [-0.2, -0.15) is 0 Å². The molecule has 0 saturated heterocycles. The lowest BCUT2D eigenvalue weighted by molar-refractivity contribution is -0.154. The fraction of sp³-hybridized carbons (Fsp3) is 0.900. The minimum Gasteiger partial charge on any atom is -0.392 e. The zero-order chi connectivity index (χ0) is 8.29. The second-order valence-corrected chi connectivity index (χ2v) is 4.77. The van der Waals surface area contributed by atoms with Crippen LogP contribution in [-0.2, 0) is 4.79 Å². The summed E-state index contributed by atoms with van der Waals surface area (Å²) in [5, 5.41) is 9.78. The zero-order valence-electron chi connectivity index (χ0n) is 7.07. The lowest BCUT2D eigenvalue weighted by Gasteiger charge is -2.51. The molecule has 4 saturated carbocycles. The number of carbonyl (C=O) groups is 1. The van der Waals surface area contributed by atoms with E-state index in [4.69, 9.17) is 0 Å². The van der Waals surface area contributed by atoms with Gasteiger partial charge in [-0.15, -0.1) is 0 Å². The minimum absolute atomic E-state index is 0.0289. The predicted octanol–water partition coefficient (Wildman–Crippen LogP) is 0.982. The Morgan fingerprint density at radius 1 is 1.17 bits per heavy atom. The standard InChI is InChI=1S/C10H14O2/c11-9-6-1-5-2-7(4-6)10(12)8(9)3-5/h5-9,11H,1-4H2/t5-,6+,7-,8+,9+/m1/s1. The molecular weight excluding hydrogens is 152 g/mol. The molecule has 0 aromatic rings. The molecule has 0 radical (unpaired) electrons. The average molecular weight is 166 g/mol. The van der Waals surface area contributed by atoms with Crippen LogP contribution >= 0.6 is 0 Å². The zero-order valence-corrected chi connectivity index (χ0v) is 7.07. The van der Waals surface area contributed by atoms with Crippen molar-refractivity contribution in [2.24, 2.45) is 23.7 Å². The summed E-state index contributed by atoms with van der Waals surface area (Å²) in [5.74, 6) is 1.96. The molecule has 0 aromatic heterocycles. The third-order valence-corrected chi connectivity index (χ3v) is 4.09. The van der Waals surface area contributed by atoms with Gasteiger partial charge in [0.2, 0.25) is 0 Å². The molecule has 0 aliphatic heterocycles. The SMILES string of the molecule is O=C1[C@@H]2C[C@H]3C[C@@H](C2)[C@H](O)[C@@H]1C3. The van der Waals surface area contributed by atoms with Gasteiger partial charge in [0.15, 0.2) is 0 Å². The number of ketones is 1. The van der Waals surface area contributed by atoms with E-state index in [2.05, 4.69) is 0 Å². The van der Waals surface area contributed by atoms with E-state index >= 15 is 0 Å². The lowest BCUT2D eigenvalue weighted by Crippen LogP contribution is -2.53. The van der Waals surface area contributed by atoms with E-state index in [1.54, 1.807) is 0 Å². The summed E-state index contributed by atoms with van der Waals surface area (Å²) in [5.41, 5.74) is 0. The van der Waals surface area contributed by atoms with Crippen molar-refractivity contribution in [1.29, 1.82) is 0 Å². The number of aliphatic hydroxyl groups excluding tert-OH is 1. The van der Waals surface area contributed by atoms with Crippen LogP contribution in [0.2, 0.25) is 0 Å². The van der Waals surface area contributed by atoms with Crippen LogP contribution in [0.3, 0.4) is 0 Å². The molecule has 4 aliphatic carbocycles. The van der Waals surface area contributed by atoms with Crippen molar-refractivity contribution < 1.29 is 9.90 Å². The minimum atomic E-state index is -0.287. The van der Waals surface area contributed by atoms with Crippen LogP contribution in [0.25, 0.3) is 0 Å². The Balaban J connectivity index is 1.98. The molecule has 2 nitrogen and oxygen atoms in total. The molecule has 5 atom stereocenters. The molecule has 0 unspecified atom stereocenters. The van der Waals surface area contributed by atoms with Gasteiger partial charge in [0.25, 0.3) is 0 Å². The monoisotopic (exact) mass is 166 g/mol. The first-order valence-electron chi connectivity index (χ1n) is 4.97. The fourth-order valence-corrected chi connectivity index (χ4v) is 3.60. The first-order valence-corrected chi connectivity index (χ1v) is 4.97. The molecule has 66 valence electrons. The quantitative estimate of drug-likeness (QED) is 0.582. The maximum absolute atomic E-state index is 11.6. The molecule has 4 fully saturated rings. The fourth-order valence-electron chi connectivity index (χ4n) is 3.60. The highest BCUT2D eigenvalue weighted by Crippen LogP contribution is 2.51. The summed E-state index contributed by atoms with van der Waals surface area (Å²) >= 11 is 0. The smallest absolute Gasteiger partial charge is 0.141 e. The van der Waals surface area contributed by atoms with Gasteiger partial charge in [-0.25, -0.2) is 0 Å². The molecule has 0 amide bonds. The van der Waals surface area contributed by atoms with Gasteiger partial charge in [-0.3, -0.25) is 4.79 Å². The van der Waals surface area contributed by atoms with Crippen LogP contribution in [-0.4, -0.2) is 17.0 Å². The van der Waals surface area contributed by atoms with E-state index in [0.29, 0.717) is 17.6 Å². The first-order chi connectivity index (χ1) is 5.75. The van der Waals surface area contributed by atoms with E-state index in [-0.39, 0.29) is 12.0 Å². The molecule has 0 aromatic carbocycles. The van der Waals surface area contributed by atoms with Crippen molar-refractivity contribution in [3.8, 4) is 0 Å². The maximum atomic E-state index is 11.6. The molecule has 0 heterocycles. The highest BCUT2D eigenvalue weighted by molar-refractivity contribution is 5.86. The van der Waals surface area contributed by atoms with Gasteiger partial charge in [-0.1, -0.05) is 0 Å². The number of hydrogen-bond acceptors (Lipinski definition) is 2. The molecule has 4 rings (SSSR count). The Morgan fingerprint density at radius 2 is 2.00 bits per heavy atom. The Bertz CT molecular complexity index is 236. The topological polar surface area (TPSA) is 37.3 Å². The second kappa shape index (κ2) is 2.11. The molecule has 4 bridgehead atoms. The molecule has 4 aliphatic rings. The maximum Gasteiger partial charge on any atom is 0.141 e. The number of aliphatic hydroxyl groups is 1. The molecular formula is C10H14O2. The van der Waals surface area contributed by atoms with Crippen LogP contribution in [0.1, 0.15) is 25.7 Å². The highest BCUT2D eigenvalue weighted by atomic mass is 16.3. The van der Waals surface area contributed by atoms with E-state index < -0.39 is 0 Å². The molecule has 12 heavy (non-hydrogen) atoms. The van der Waals surface area contributed by atoms with Crippen LogP contribution in [0, 0.1) is 23.7 Å². The van der Waals surface area contributed by atoms with Gasteiger partial charge in [0, 0.05) is 11.8 Å². The van der Waals surface area contributed by atoms with E-state index in [0.717, 1.165) is 25.2 Å². The van der Waals surface area contributed by atoms with Crippen LogP contribution in [0.5, 0.6) is 0 Å². The van der Waals surface area contributed by atoms with Crippen molar-refractivity contribution >= 4 is 5.78 Å². The Hall–Kier alpha value is -0.370. The van der Waals surface area contributed by atoms with Crippen molar-refractivity contribution in [3.05, 3.63) is 0 Å². The van der Waals surface area contributed by atoms with Crippen molar-refractivity contribution in [3.63, 3.8) is 0 Å². The highest BCUT2D eigenvalue weighted by Gasteiger charge is 2.52. The van der Waals surface area contributed by atoms with Gasteiger partial charge in [0.1, 0.15) is 5.78 Å². The Labute approximate surface area is 72.0 Å². The largest absolute Gasteiger partial charge is 0.392 e. The van der Waals surface area contributed by atoms with Crippen LogP contribution < -0.4 is 0 Å². The number of hydrogen-bond donors (Lipinski definition) is 1. The van der Waals surface area contributed by atoms with Crippen molar-refractivity contribution in [1.82, 2.24) is 0 Å². The third-order valence-electron chi connectivity index (χ3n) is 4.09. The summed E-state index contributed by atoms with van der Waals surface area (Å²) < 4.78 is 0. The summed E-state index contributed by atoms with van der Waals surface area (Å²) in [4.78, 5) is 11.6. The van der Waals surface area contributed by atoms with Gasteiger partial charge >= 0.3 is 0 Å². The van der Waals surface area contributed by atoms with Gasteiger partial charge < -0.3 is 5.11 Å².